The molecule has 0 atom stereocenters. The molecule has 1 rings (SSSR count). The molecule has 104 valence electrons. The molecular weight excluding hydrogens is 264 g/mol. The van der Waals surface area contributed by atoms with Gasteiger partial charge in [0.25, 0.3) is 5.91 Å². The number of primary amides is 1. The second-order valence-electron chi connectivity index (χ2n) is 4.46. The van der Waals surface area contributed by atoms with Gasteiger partial charge < -0.3 is 11.1 Å². The van der Waals surface area contributed by atoms with Crippen LogP contribution < -0.4 is 11.1 Å². The van der Waals surface area contributed by atoms with E-state index in [4.69, 9.17) is 17.3 Å². The average molecular weight is 283 g/mol. The van der Waals surface area contributed by atoms with Crippen molar-refractivity contribution >= 4 is 29.1 Å². The molecule has 0 aromatic heterocycles. The Morgan fingerprint density at radius 1 is 1.32 bits per heavy atom. The lowest BCUT2D eigenvalue weighted by atomic mass is 9.99. The summed E-state index contributed by atoms with van der Waals surface area (Å²) in [6.07, 6.45) is 2.32. The molecule has 0 unspecified atom stereocenters. The lowest BCUT2D eigenvalue weighted by molar-refractivity contribution is -0.117. The molecule has 19 heavy (non-hydrogen) atoms. The molecule has 0 radical (unpaired) electrons. The molecule has 0 aliphatic carbocycles. The predicted octanol–water partition coefficient (Wildman–Crippen LogP) is 3.20. The Bertz CT molecular complexity index is 471. The molecule has 1 aromatic carbocycles. The molecule has 0 spiro atoms. The van der Waals surface area contributed by atoms with Gasteiger partial charge in [0.1, 0.15) is 0 Å². The largest absolute Gasteiger partial charge is 0.365 e. The summed E-state index contributed by atoms with van der Waals surface area (Å²) in [5.41, 5.74) is 5.80. The van der Waals surface area contributed by atoms with Crippen LogP contribution in [0.2, 0.25) is 5.02 Å². The van der Waals surface area contributed by atoms with Gasteiger partial charge in [-0.15, -0.1) is 0 Å². The number of benzene rings is 1. The Morgan fingerprint density at radius 2 is 1.95 bits per heavy atom. The summed E-state index contributed by atoms with van der Waals surface area (Å²) >= 11 is 5.92. The molecule has 4 nitrogen and oxygen atoms in total. The number of carbonyl (C=O) groups excluding carboxylic acids is 2. The van der Waals surface area contributed by atoms with E-state index in [0.717, 1.165) is 12.8 Å². The van der Waals surface area contributed by atoms with Crippen molar-refractivity contribution in [3.8, 4) is 0 Å². The third kappa shape index (κ3) is 4.24. The lowest BCUT2D eigenvalue weighted by Crippen LogP contribution is -2.20. The molecule has 0 saturated heterocycles. The van der Waals surface area contributed by atoms with Gasteiger partial charge in [0.15, 0.2) is 0 Å². The van der Waals surface area contributed by atoms with Crippen LogP contribution in [0.15, 0.2) is 18.2 Å². The highest BCUT2D eigenvalue weighted by atomic mass is 35.5. The molecule has 0 bridgehead atoms. The second kappa shape index (κ2) is 7.14. The number of hydrogen-bond donors (Lipinski definition) is 2. The topological polar surface area (TPSA) is 72.2 Å². The zero-order valence-electron chi connectivity index (χ0n) is 11.2. The van der Waals surface area contributed by atoms with Gasteiger partial charge in [-0.2, -0.15) is 0 Å². The van der Waals surface area contributed by atoms with Crippen molar-refractivity contribution in [3.05, 3.63) is 28.8 Å². The maximum atomic E-state index is 11.9. The summed E-state index contributed by atoms with van der Waals surface area (Å²) in [6.45, 7) is 4.10. The summed E-state index contributed by atoms with van der Waals surface area (Å²) in [5, 5.41) is 2.95. The Kier molecular flexibility index (Phi) is 5.83. The molecular formula is C14H19ClN2O2. The van der Waals surface area contributed by atoms with E-state index in [1.54, 1.807) is 18.2 Å². The predicted molar refractivity (Wildman–Crippen MR) is 77.3 cm³/mol. The van der Waals surface area contributed by atoms with Gasteiger partial charge in [0.05, 0.1) is 16.3 Å². The van der Waals surface area contributed by atoms with Crippen LogP contribution in [-0.2, 0) is 4.79 Å². The van der Waals surface area contributed by atoms with Crippen LogP contribution in [0.3, 0.4) is 0 Å². The van der Waals surface area contributed by atoms with Crippen LogP contribution in [0.25, 0.3) is 0 Å². The van der Waals surface area contributed by atoms with E-state index in [1.807, 2.05) is 0 Å². The van der Waals surface area contributed by atoms with Crippen molar-refractivity contribution in [1.29, 1.82) is 0 Å². The van der Waals surface area contributed by atoms with Gasteiger partial charge in [-0.25, -0.2) is 0 Å². The van der Waals surface area contributed by atoms with E-state index < -0.39 is 5.91 Å². The zero-order valence-corrected chi connectivity index (χ0v) is 12.0. The number of anilines is 1. The van der Waals surface area contributed by atoms with Gasteiger partial charge in [-0.05, 0) is 18.1 Å². The molecule has 1 aromatic rings. The van der Waals surface area contributed by atoms with Crippen molar-refractivity contribution in [3.63, 3.8) is 0 Å². The standard InChI is InChI=1S/C14H19ClN2O2/c1-3-9(4-2)8-12(18)17-11-7-5-6-10(15)13(11)14(16)19/h5-7,9H,3-4,8H2,1-2H3,(H2,16,19)(H,17,18). The van der Waals surface area contributed by atoms with Gasteiger partial charge in [0, 0.05) is 6.42 Å². The minimum absolute atomic E-state index is 0.126. The number of nitrogens with two attached hydrogens (primary N) is 1. The molecule has 0 fully saturated rings. The number of halogens is 1. The van der Waals surface area contributed by atoms with E-state index >= 15 is 0 Å². The molecule has 0 aliphatic rings. The normalized spacial score (nSPS) is 10.5. The molecule has 5 heteroatoms. The Balaban J connectivity index is 2.85. The third-order valence-corrected chi connectivity index (χ3v) is 3.48. The summed E-state index contributed by atoms with van der Waals surface area (Å²) in [5.74, 6) is -0.432. The minimum Gasteiger partial charge on any atom is -0.365 e. The Morgan fingerprint density at radius 3 is 2.47 bits per heavy atom. The van der Waals surface area contributed by atoms with Crippen LogP contribution >= 0.6 is 11.6 Å². The lowest BCUT2D eigenvalue weighted by Gasteiger charge is -2.14. The number of amides is 2. The fourth-order valence-corrected chi connectivity index (χ4v) is 2.19. The molecule has 3 N–H and O–H groups in total. The fraction of sp³-hybridized carbons (Fsp3) is 0.429. The summed E-state index contributed by atoms with van der Waals surface area (Å²) < 4.78 is 0. The van der Waals surface area contributed by atoms with E-state index in [0.29, 0.717) is 18.0 Å². The van der Waals surface area contributed by atoms with E-state index in [1.165, 1.54) is 0 Å². The SMILES string of the molecule is CCC(CC)CC(=O)Nc1cccc(Cl)c1C(N)=O. The highest BCUT2D eigenvalue weighted by Crippen LogP contribution is 2.24. The van der Waals surface area contributed by atoms with E-state index in [9.17, 15) is 9.59 Å². The average Bonchev–Trinajstić information content (AvgIpc) is 2.35. The number of nitrogens with one attached hydrogen (secondary N) is 1. The van der Waals surface area contributed by atoms with Crippen LogP contribution in [-0.4, -0.2) is 11.8 Å². The molecule has 0 saturated carbocycles. The smallest absolute Gasteiger partial charge is 0.252 e. The van der Waals surface area contributed by atoms with Crippen LogP contribution in [0.1, 0.15) is 43.5 Å². The quantitative estimate of drug-likeness (QED) is 0.841. The third-order valence-electron chi connectivity index (χ3n) is 3.16. The first kappa shape index (κ1) is 15.5. The van der Waals surface area contributed by atoms with Crippen molar-refractivity contribution in [2.75, 3.05) is 5.32 Å². The molecule has 0 heterocycles. The first-order valence-electron chi connectivity index (χ1n) is 6.37. The summed E-state index contributed by atoms with van der Waals surface area (Å²) in [6, 6.07) is 4.86. The van der Waals surface area contributed by atoms with Gasteiger partial charge in [-0.3, -0.25) is 9.59 Å². The maximum absolute atomic E-state index is 11.9. The van der Waals surface area contributed by atoms with Crippen molar-refractivity contribution in [2.24, 2.45) is 11.7 Å². The van der Waals surface area contributed by atoms with Crippen LogP contribution in [0.4, 0.5) is 5.69 Å². The van der Waals surface area contributed by atoms with Gasteiger partial charge in [-0.1, -0.05) is 44.4 Å². The first-order chi connectivity index (χ1) is 8.99. The zero-order chi connectivity index (χ0) is 14.4. The number of hydrogen-bond acceptors (Lipinski definition) is 2. The Labute approximate surface area is 118 Å². The van der Waals surface area contributed by atoms with Crippen molar-refractivity contribution in [1.82, 2.24) is 0 Å². The molecule has 2 amide bonds. The first-order valence-corrected chi connectivity index (χ1v) is 6.75. The number of rotatable bonds is 6. The van der Waals surface area contributed by atoms with Gasteiger partial charge >= 0.3 is 0 Å². The second-order valence-corrected chi connectivity index (χ2v) is 4.87. The van der Waals surface area contributed by atoms with Crippen LogP contribution in [0, 0.1) is 5.92 Å². The fourth-order valence-electron chi connectivity index (χ4n) is 1.92. The Hall–Kier alpha value is -1.55. The minimum atomic E-state index is -0.650. The summed E-state index contributed by atoms with van der Waals surface area (Å²) in [7, 11) is 0. The highest BCUT2D eigenvalue weighted by Gasteiger charge is 2.16. The van der Waals surface area contributed by atoms with Crippen LogP contribution in [0.5, 0.6) is 0 Å². The van der Waals surface area contributed by atoms with Crippen molar-refractivity contribution < 1.29 is 9.59 Å². The van der Waals surface area contributed by atoms with Gasteiger partial charge in [0.2, 0.25) is 5.91 Å². The maximum Gasteiger partial charge on any atom is 0.252 e. The monoisotopic (exact) mass is 282 g/mol. The number of carbonyl (C=O) groups is 2. The van der Waals surface area contributed by atoms with Crippen molar-refractivity contribution in [2.45, 2.75) is 33.1 Å². The van der Waals surface area contributed by atoms with E-state index in [2.05, 4.69) is 19.2 Å². The highest BCUT2D eigenvalue weighted by molar-refractivity contribution is 6.34. The van der Waals surface area contributed by atoms with E-state index in [-0.39, 0.29) is 16.5 Å². The summed E-state index contributed by atoms with van der Waals surface area (Å²) in [4.78, 5) is 23.3. The molecule has 0 aliphatic heterocycles.